The summed E-state index contributed by atoms with van der Waals surface area (Å²) >= 11 is 1.91. The van der Waals surface area contributed by atoms with Gasteiger partial charge in [0, 0.05) is 41.8 Å². The van der Waals surface area contributed by atoms with E-state index in [4.69, 9.17) is 0 Å². The van der Waals surface area contributed by atoms with Crippen LogP contribution in [-0.2, 0) is 0 Å². The van der Waals surface area contributed by atoms with Crippen molar-refractivity contribution in [2.45, 2.75) is 23.8 Å². The van der Waals surface area contributed by atoms with E-state index >= 15 is 0 Å². The summed E-state index contributed by atoms with van der Waals surface area (Å²) < 4.78 is 2.53. The Morgan fingerprint density at radius 2 is 2.25 bits per heavy atom. The van der Waals surface area contributed by atoms with Gasteiger partial charge >= 0.3 is 0 Å². The first kappa shape index (κ1) is 12.6. The second-order valence-electron chi connectivity index (χ2n) is 5.75. The predicted molar refractivity (Wildman–Crippen MR) is 83.7 cm³/mol. The molecule has 0 bridgehead atoms. The fraction of sp³-hybridized carbons (Fsp3) is 0.438. The summed E-state index contributed by atoms with van der Waals surface area (Å²) in [4.78, 5) is 5.56. The van der Waals surface area contributed by atoms with E-state index in [0.717, 1.165) is 12.5 Å². The summed E-state index contributed by atoms with van der Waals surface area (Å²) in [5.74, 6) is 0.841. The molecule has 0 aliphatic carbocycles. The minimum atomic E-state index is 0.702. The highest BCUT2D eigenvalue weighted by Crippen LogP contribution is 2.35. The Balaban J connectivity index is 1.56. The van der Waals surface area contributed by atoms with Gasteiger partial charge in [-0.3, -0.25) is 4.98 Å². The van der Waals surface area contributed by atoms with Gasteiger partial charge in [-0.2, -0.15) is 0 Å². The highest BCUT2D eigenvalue weighted by Gasteiger charge is 2.34. The quantitative estimate of drug-likeness (QED) is 0.859. The van der Waals surface area contributed by atoms with Crippen molar-refractivity contribution in [1.82, 2.24) is 14.6 Å². The number of pyridine rings is 1. The molecule has 3 heterocycles. The molecule has 1 N–H and O–H groups in total. The van der Waals surface area contributed by atoms with E-state index in [1.165, 1.54) is 41.6 Å². The fourth-order valence-corrected chi connectivity index (χ4v) is 4.60. The lowest BCUT2D eigenvalue weighted by molar-refractivity contribution is 0.339. The van der Waals surface area contributed by atoms with E-state index in [1.807, 2.05) is 24.3 Å². The van der Waals surface area contributed by atoms with E-state index in [1.54, 1.807) is 0 Å². The molecule has 0 saturated carbocycles. The Morgan fingerprint density at radius 1 is 1.25 bits per heavy atom. The number of nitrogens with one attached hydrogen (secondary N) is 1. The summed E-state index contributed by atoms with van der Waals surface area (Å²) in [6.07, 6.45) is 6.55. The van der Waals surface area contributed by atoms with Crippen LogP contribution in [0.5, 0.6) is 0 Å². The van der Waals surface area contributed by atoms with Crippen LogP contribution in [0.1, 0.15) is 12.8 Å². The molecular weight excluding hydrogens is 266 g/mol. The highest BCUT2D eigenvalue weighted by atomic mass is 32.2. The Labute approximate surface area is 123 Å². The van der Waals surface area contributed by atoms with Crippen molar-refractivity contribution in [3.8, 4) is 0 Å². The monoisotopic (exact) mass is 285 g/mol. The van der Waals surface area contributed by atoms with Gasteiger partial charge in [0.1, 0.15) is 0 Å². The van der Waals surface area contributed by atoms with Gasteiger partial charge in [-0.05, 0) is 54.8 Å². The number of rotatable bonds is 2. The van der Waals surface area contributed by atoms with Gasteiger partial charge in [-0.25, -0.2) is 4.31 Å². The van der Waals surface area contributed by atoms with Crippen LogP contribution in [0.3, 0.4) is 0 Å². The van der Waals surface area contributed by atoms with Crippen molar-refractivity contribution >= 4 is 22.7 Å². The topological polar surface area (TPSA) is 28.2 Å². The predicted octanol–water partition coefficient (Wildman–Crippen LogP) is 2.93. The third-order valence-corrected chi connectivity index (χ3v) is 5.54. The van der Waals surface area contributed by atoms with Gasteiger partial charge in [-0.15, -0.1) is 0 Å². The number of aromatic nitrogens is 1. The number of hydrogen-bond acceptors (Lipinski definition) is 4. The molecule has 2 aromatic rings. The first-order valence-corrected chi connectivity index (χ1v) is 8.16. The molecule has 4 heteroatoms. The maximum absolute atomic E-state index is 4.21. The van der Waals surface area contributed by atoms with Crippen molar-refractivity contribution in [1.29, 1.82) is 0 Å². The third kappa shape index (κ3) is 2.32. The average molecular weight is 285 g/mol. The average Bonchev–Trinajstić information content (AvgIpc) is 2.90. The summed E-state index contributed by atoms with van der Waals surface area (Å²) in [7, 11) is 0. The molecule has 2 aliphatic rings. The van der Waals surface area contributed by atoms with Crippen LogP contribution >= 0.6 is 11.9 Å². The van der Waals surface area contributed by atoms with Crippen LogP contribution in [0, 0.1) is 5.92 Å². The number of benzene rings is 1. The molecule has 2 aliphatic heterocycles. The van der Waals surface area contributed by atoms with Gasteiger partial charge in [0.15, 0.2) is 0 Å². The molecule has 3 nitrogen and oxygen atoms in total. The molecule has 20 heavy (non-hydrogen) atoms. The number of fused-ring (bicyclic) bond motifs is 2. The Bertz CT molecular complexity index is 596. The smallest absolute Gasteiger partial charge is 0.0346 e. The lowest BCUT2D eigenvalue weighted by atomic mass is 9.94. The lowest BCUT2D eigenvalue weighted by Crippen LogP contribution is -2.40. The van der Waals surface area contributed by atoms with E-state index in [-0.39, 0.29) is 0 Å². The minimum Gasteiger partial charge on any atom is -0.312 e. The van der Waals surface area contributed by atoms with Crippen molar-refractivity contribution in [3.05, 3.63) is 36.7 Å². The van der Waals surface area contributed by atoms with Gasteiger partial charge in [0.05, 0.1) is 0 Å². The van der Waals surface area contributed by atoms with Crippen molar-refractivity contribution in [2.75, 3.05) is 19.6 Å². The first-order valence-electron chi connectivity index (χ1n) is 7.39. The number of hydrogen-bond donors (Lipinski definition) is 1. The van der Waals surface area contributed by atoms with Gasteiger partial charge in [-0.1, -0.05) is 12.1 Å². The Morgan fingerprint density at radius 3 is 3.20 bits per heavy atom. The molecule has 1 aromatic heterocycles. The molecule has 2 atom stereocenters. The van der Waals surface area contributed by atoms with Crippen LogP contribution in [0.4, 0.5) is 0 Å². The molecular formula is C16H19N3S. The summed E-state index contributed by atoms with van der Waals surface area (Å²) in [5, 5.41) is 6.21. The van der Waals surface area contributed by atoms with Crippen LogP contribution in [0.2, 0.25) is 0 Å². The minimum absolute atomic E-state index is 0.702. The maximum Gasteiger partial charge on any atom is 0.0346 e. The zero-order valence-corrected chi connectivity index (χ0v) is 12.3. The van der Waals surface area contributed by atoms with Crippen LogP contribution in [-0.4, -0.2) is 35.0 Å². The maximum atomic E-state index is 4.21. The SMILES string of the molecule is c1cc(SN2CC3CCCNC3C2)c2ccncc2c1. The van der Waals surface area contributed by atoms with Crippen molar-refractivity contribution in [3.63, 3.8) is 0 Å². The molecule has 0 amide bonds. The lowest BCUT2D eigenvalue weighted by Gasteiger charge is -2.24. The summed E-state index contributed by atoms with van der Waals surface area (Å²) in [6.45, 7) is 3.57. The normalized spacial score (nSPS) is 26.8. The molecule has 0 radical (unpaired) electrons. The molecule has 1 aromatic carbocycles. The Hall–Kier alpha value is -1.10. The zero-order chi connectivity index (χ0) is 13.4. The van der Waals surface area contributed by atoms with E-state index in [9.17, 15) is 0 Å². The third-order valence-electron chi connectivity index (χ3n) is 4.43. The molecule has 4 rings (SSSR count). The standard InChI is InChI=1S/C16H19N3S/c1-3-12-9-17-8-6-14(12)16(5-1)20-19-10-13-4-2-7-18-15(13)11-19/h1,3,5-6,8-9,13,15,18H,2,4,7,10-11H2. The van der Waals surface area contributed by atoms with Crippen molar-refractivity contribution < 1.29 is 0 Å². The van der Waals surface area contributed by atoms with Gasteiger partial charge in [0.2, 0.25) is 0 Å². The molecule has 2 fully saturated rings. The van der Waals surface area contributed by atoms with E-state index < -0.39 is 0 Å². The fourth-order valence-electron chi connectivity index (χ4n) is 3.39. The highest BCUT2D eigenvalue weighted by molar-refractivity contribution is 7.97. The number of nitrogens with zero attached hydrogens (tertiary/aromatic N) is 2. The molecule has 2 saturated heterocycles. The summed E-state index contributed by atoms with van der Waals surface area (Å²) in [6, 6.07) is 9.32. The van der Waals surface area contributed by atoms with Crippen LogP contribution < -0.4 is 5.32 Å². The van der Waals surface area contributed by atoms with Crippen LogP contribution in [0.15, 0.2) is 41.6 Å². The van der Waals surface area contributed by atoms with Gasteiger partial charge < -0.3 is 5.32 Å². The molecule has 2 unspecified atom stereocenters. The zero-order valence-electron chi connectivity index (χ0n) is 11.5. The largest absolute Gasteiger partial charge is 0.312 e. The second kappa shape index (κ2) is 5.35. The van der Waals surface area contributed by atoms with Gasteiger partial charge in [0.25, 0.3) is 0 Å². The molecule has 0 spiro atoms. The first-order chi connectivity index (χ1) is 9.90. The van der Waals surface area contributed by atoms with Crippen LogP contribution in [0.25, 0.3) is 10.8 Å². The molecule has 104 valence electrons. The van der Waals surface area contributed by atoms with E-state index in [0.29, 0.717) is 6.04 Å². The van der Waals surface area contributed by atoms with E-state index in [2.05, 4.69) is 38.9 Å². The van der Waals surface area contributed by atoms with Crippen molar-refractivity contribution in [2.24, 2.45) is 5.92 Å². The summed E-state index contributed by atoms with van der Waals surface area (Å²) in [5.41, 5.74) is 0. The Kier molecular flexibility index (Phi) is 3.38. The second-order valence-corrected chi connectivity index (χ2v) is 6.89. The number of piperidine rings is 1.